The zero-order valence-electron chi connectivity index (χ0n) is 14.7. The third-order valence-electron chi connectivity index (χ3n) is 4.25. The lowest BCUT2D eigenvalue weighted by molar-refractivity contribution is -0.305. The Hall–Kier alpha value is -2.83. The molecule has 1 heterocycles. The van der Waals surface area contributed by atoms with Crippen LogP contribution >= 0.6 is 0 Å². The molecule has 2 N–H and O–H groups in total. The van der Waals surface area contributed by atoms with Gasteiger partial charge in [-0.15, -0.1) is 0 Å². The number of benzene rings is 1. The van der Waals surface area contributed by atoms with E-state index in [1.54, 1.807) is 13.0 Å². The lowest BCUT2D eigenvalue weighted by Gasteiger charge is -2.09. The van der Waals surface area contributed by atoms with Crippen LogP contribution in [0.5, 0.6) is 5.75 Å². The Morgan fingerprint density at radius 3 is 2.69 bits per heavy atom. The minimum absolute atomic E-state index is 0.0202. The summed E-state index contributed by atoms with van der Waals surface area (Å²) < 4.78 is 5.23. The summed E-state index contributed by atoms with van der Waals surface area (Å²) >= 11 is 0. The van der Waals surface area contributed by atoms with Gasteiger partial charge in [-0.25, -0.2) is 4.79 Å². The summed E-state index contributed by atoms with van der Waals surface area (Å²) in [6, 6.07) is 4.59. The minimum Gasteiger partial charge on any atom is -0.550 e. The molecule has 0 bridgehead atoms. The smallest absolute Gasteiger partial charge is 0.339 e. The second-order valence-electron chi connectivity index (χ2n) is 6.21. The number of carbonyl (C=O) groups excluding carboxylic acids is 2. The average Bonchev–Trinajstić information content (AvgIpc) is 2.57. The molecule has 0 atom stereocenters. The fourth-order valence-electron chi connectivity index (χ4n) is 2.80. The van der Waals surface area contributed by atoms with Gasteiger partial charge in [-0.05, 0) is 50.3 Å². The van der Waals surface area contributed by atoms with Gasteiger partial charge in [0.2, 0.25) is 5.91 Å². The first-order valence-electron chi connectivity index (χ1n) is 8.60. The van der Waals surface area contributed by atoms with Crippen LogP contribution in [0.15, 0.2) is 27.4 Å². The number of carbonyl (C=O) groups is 2. The molecule has 7 heteroatoms. The predicted molar refractivity (Wildman–Crippen MR) is 93.7 cm³/mol. The Morgan fingerprint density at radius 1 is 1.19 bits per heavy atom. The number of amides is 1. The summed E-state index contributed by atoms with van der Waals surface area (Å²) in [5.74, 6) is -1.21. The standard InChI is InChI=1S/C19H23NO6/c1-12-14-7-6-13(21)11-16(14)26-19(25)15(12)8-9-17(22)20-10-4-2-3-5-18(23)24/h6-7,11,21H,2-5,8-10H2,1H3,(H,20,22)(H,23,24)/p-1. The molecule has 0 aliphatic heterocycles. The van der Waals surface area contributed by atoms with Gasteiger partial charge in [0.1, 0.15) is 11.3 Å². The number of aromatic hydroxyl groups is 1. The van der Waals surface area contributed by atoms with Gasteiger partial charge in [0.05, 0.1) is 0 Å². The second kappa shape index (κ2) is 9.03. The minimum atomic E-state index is -1.06. The van der Waals surface area contributed by atoms with Crippen LogP contribution in [0.4, 0.5) is 0 Å². The highest BCUT2D eigenvalue weighted by Crippen LogP contribution is 2.23. The van der Waals surface area contributed by atoms with Crippen LogP contribution in [0, 0.1) is 6.92 Å². The number of hydrogen-bond donors (Lipinski definition) is 2. The summed E-state index contributed by atoms with van der Waals surface area (Å²) in [7, 11) is 0. The summed E-state index contributed by atoms with van der Waals surface area (Å²) in [5, 5.41) is 23.2. The van der Waals surface area contributed by atoms with Gasteiger partial charge in [0.15, 0.2) is 0 Å². The van der Waals surface area contributed by atoms with Crippen molar-refractivity contribution < 1.29 is 24.2 Å². The van der Waals surface area contributed by atoms with Crippen molar-refractivity contribution in [3.8, 4) is 5.75 Å². The molecular formula is C19H22NO6-. The maximum absolute atomic E-state index is 12.1. The van der Waals surface area contributed by atoms with E-state index in [4.69, 9.17) is 4.42 Å². The molecule has 0 radical (unpaired) electrons. The van der Waals surface area contributed by atoms with Crippen LogP contribution in [0.2, 0.25) is 0 Å². The van der Waals surface area contributed by atoms with Crippen molar-refractivity contribution in [1.82, 2.24) is 5.32 Å². The molecule has 1 aromatic carbocycles. The number of aryl methyl sites for hydroxylation is 1. The summed E-state index contributed by atoms with van der Waals surface area (Å²) in [6.07, 6.45) is 2.39. The van der Waals surface area contributed by atoms with Crippen LogP contribution in [0.25, 0.3) is 11.0 Å². The van der Waals surface area contributed by atoms with E-state index in [1.165, 1.54) is 12.1 Å². The molecule has 2 aromatic rings. The SMILES string of the molecule is Cc1c(CCC(=O)NCCCCCC(=O)[O-])c(=O)oc2cc(O)ccc12. The van der Waals surface area contributed by atoms with Crippen molar-refractivity contribution in [1.29, 1.82) is 0 Å². The topological polar surface area (TPSA) is 120 Å². The number of hydrogen-bond acceptors (Lipinski definition) is 6. The molecule has 7 nitrogen and oxygen atoms in total. The third kappa shape index (κ3) is 5.34. The monoisotopic (exact) mass is 360 g/mol. The maximum Gasteiger partial charge on any atom is 0.339 e. The van der Waals surface area contributed by atoms with Crippen molar-refractivity contribution in [2.24, 2.45) is 0 Å². The molecule has 0 unspecified atom stereocenters. The van der Waals surface area contributed by atoms with E-state index in [9.17, 15) is 24.6 Å². The lowest BCUT2D eigenvalue weighted by Crippen LogP contribution is -2.26. The number of nitrogens with one attached hydrogen (secondary N) is 1. The van der Waals surface area contributed by atoms with Gasteiger partial charge >= 0.3 is 5.63 Å². The van der Waals surface area contributed by atoms with E-state index in [0.29, 0.717) is 37.0 Å². The Morgan fingerprint density at radius 2 is 1.96 bits per heavy atom. The van der Waals surface area contributed by atoms with Crippen molar-refractivity contribution >= 4 is 22.8 Å². The van der Waals surface area contributed by atoms with Crippen molar-refractivity contribution in [3.05, 3.63) is 39.7 Å². The Labute approximate surface area is 150 Å². The molecule has 0 saturated carbocycles. The quantitative estimate of drug-likeness (QED) is 0.512. The first-order valence-corrected chi connectivity index (χ1v) is 8.60. The van der Waals surface area contributed by atoms with E-state index in [2.05, 4.69) is 5.32 Å². The van der Waals surface area contributed by atoms with Gasteiger partial charge < -0.3 is 24.7 Å². The highest BCUT2D eigenvalue weighted by atomic mass is 16.4. The number of phenolic OH excluding ortho intramolecular Hbond substituents is 1. The van der Waals surface area contributed by atoms with Gasteiger partial charge in [-0.3, -0.25) is 4.79 Å². The fraction of sp³-hybridized carbons (Fsp3) is 0.421. The highest BCUT2D eigenvalue weighted by Gasteiger charge is 2.13. The maximum atomic E-state index is 12.1. The second-order valence-corrected chi connectivity index (χ2v) is 6.21. The highest BCUT2D eigenvalue weighted by molar-refractivity contribution is 5.82. The van der Waals surface area contributed by atoms with Crippen LogP contribution in [-0.2, 0) is 16.0 Å². The van der Waals surface area contributed by atoms with Crippen molar-refractivity contribution in [3.63, 3.8) is 0 Å². The zero-order valence-corrected chi connectivity index (χ0v) is 14.7. The average molecular weight is 360 g/mol. The van der Waals surface area contributed by atoms with E-state index >= 15 is 0 Å². The molecule has 1 aromatic heterocycles. The van der Waals surface area contributed by atoms with Gasteiger partial charge in [-0.1, -0.05) is 6.42 Å². The number of carboxylic acid groups (broad SMARTS) is 1. The van der Waals surface area contributed by atoms with Crippen LogP contribution < -0.4 is 16.0 Å². The van der Waals surface area contributed by atoms with Gasteiger partial charge in [0, 0.05) is 36.0 Å². The third-order valence-corrected chi connectivity index (χ3v) is 4.25. The predicted octanol–water partition coefficient (Wildman–Crippen LogP) is 1.17. The van der Waals surface area contributed by atoms with Gasteiger partial charge in [-0.2, -0.15) is 0 Å². The first kappa shape index (κ1) is 19.5. The molecule has 0 spiro atoms. The van der Waals surface area contributed by atoms with E-state index < -0.39 is 11.6 Å². The number of aliphatic carboxylic acids is 1. The number of carboxylic acids is 1. The van der Waals surface area contributed by atoms with E-state index in [-0.39, 0.29) is 30.9 Å². The first-order chi connectivity index (χ1) is 12.4. The number of phenols is 1. The van der Waals surface area contributed by atoms with Crippen molar-refractivity contribution in [2.75, 3.05) is 6.54 Å². The van der Waals surface area contributed by atoms with Crippen LogP contribution in [0.3, 0.4) is 0 Å². The van der Waals surface area contributed by atoms with Crippen LogP contribution in [-0.4, -0.2) is 23.5 Å². The Balaban J connectivity index is 1.87. The Bertz CT molecular complexity index is 855. The number of rotatable bonds is 9. The molecule has 26 heavy (non-hydrogen) atoms. The Kier molecular flexibility index (Phi) is 6.77. The zero-order chi connectivity index (χ0) is 19.1. The molecule has 0 fully saturated rings. The fourth-order valence-corrected chi connectivity index (χ4v) is 2.80. The molecule has 140 valence electrons. The summed E-state index contributed by atoms with van der Waals surface area (Å²) in [4.78, 5) is 34.3. The molecule has 0 aliphatic carbocycles. The lowest BCUT2D eigenvalue weighted by atomic mass is 10.0. The number of fused-ring (bicyclic) bond motifs is 1. The largest absolute Gasteiger partial charge is 0.550 e. The van der Waals surface area contributed by atoms with E-state index in [0.717, 1.165) is 10.9 Å². The molecule has 1 amide bonds. The molecule has 0 saturated heterocycles. The molecule has 2 rings (SSSR count). The normalized spacial score (nSPS) is 10.8. The number of unbranched alkanes of at least 4 members (excludes halogenated alkanes) is 2. The van der Waals surface area contributed by atoms with Crippen molar-refractivity contribution in [2.45, 2.75) is 45.4 Å². The van der Waals surface area contributed by atoms with E-state index in [1.807, 2.05) is 0 Å². The van der Waals surface area contributed by atoms with Gasteiger partial charge in [0.25, 0.3) is 0 Å². The summed E-state index contributed by atoms with van der Waals surface area (Å²) in [6.45, 7) is 2.26. The molecule has 0 aliphatic rings. The van der Waals surface area contributed by atoms with Crippen LogP contribution in [0.1, 0.15) is 43.2 Å². The molecular weight excluding hydrogens is 338 g/mol. The summed E-state index contributed by atoms with van der Waals surface area (Å²) in [5.41, 5.74) is 1.01.